The molecule has 7 heteroatoms. The summed E-state index contributed by atoms with van der Waals surface area (Å²) in [6.45, 7) is 0. The normalized spacial score (nSPS) is 17.8. The van der Waals surface area contributed by atoms with Crippen LogP contribution in [0.5, 0.6) is 0 Å². The maximum atomic E-state index is 11.9. The second-order valence-corrected chi connectivity index (χ2v) is 5.63. The van der Waals surface area contributed by atoms with E-state index in [1.165, 1.54) is 11.3 Å². The van der Waals surface area contributed by atoms with Gasteiger partial charge in [0.05, 0.1) is 15.3 Å². The van der Waals surface area contributed by atoms with Crippen molar-refractivity contribution in [2.75, 3.05) is 0 Å². The molecule has 0 spiro atoms. The molecule has 0 aliphatic heterocycles. The lowest BCUT2D eigenvalue weighted by Crippen LogP contribution is -2.45. The Morgan fingerprint density at radius 2 is 2.35 bits per heavy atom. The van der Waals surface area contributed by atoms with Gasteiger partial charge in [0.2, 0.25) is 0 Å². The summed E-state index contributed by atoms with van der Waals surface area (Å²) in [5.74, 6) is 0.0687. The van der Waals surface area contributed by atoms with Gasteiger partial charge in [-0.3, -0.25) is 4.79 Å². The number of amidine groups is 1. The number of amides is 1. The van der Waals surface area contributed by atoms with Gasteiger partial charge in [0.1, 0.15) is 0 Å². The maximum absolute atomic E-state index is 11.9. The summed E-state index contributed by atoms with van der Waals surface area (Å²) >= 11 is 6.96. The van der Waals surface area contributed by atoms with E-state index in [-0.39, 0.29) is 17.7 Å². The van der Waals surface area contributed by atoms with Crippen LogP contribution in [0, 0.1) is 5.92 Å². The molecule has 1 aliphatic carbocycles. The van der Waals surface area contributed by atoms with Crippen LogP contribution >= 0.6 is 22.9 Å². The number of nitrogens with zero attached hydrogens (tertiary/aromatic N) is 1. The smallest absolute Gasteiger partial charge is 0.262 e. The molecule has 0 radical (unpaired) electrons. The topological polar surface area (TPSA) is 87.7 Å². The Morgan fingerprint density at radius 1 is 1.65 bits per heavy atom. The van der Waals surface area contributed by atoms with E-state index in [1.54, 1.807) is 12.1 Å². The summed E-state index contributed by atoms with van der Waals surface area (Å²) in [6.07, 6.45) is 1.96. The molecule has 1 atom stereocenters. The van der Waals surface area contributed by atoms with E-state index in [2.05, 4.69) is 10.5 Å². The highest BCUT2D eigenvalue weighted by Crippen LogP contribution is 2.33. The standard InChI is InChI=1S/C10H12ClN3O2S/c11-7-4-3-6(17-7)10(15)13-8(5-1-2-5)9(12)14-16/h3-5,8,16H,1-2H2,(H2,12,14)(H,13,15). The first kappa shape index (κ1) is 12.2. The van der Waals surface area contributed by atoms with Crippen molar-refractivity contribution in [2.24, 2.45) is 16.8 Å². The number of hydrogen-bond acceptors (Lipinski definition) is 4. The van der Waals surface area contributed by atoms with E-state index in [0.717, 1.165) is 12.8 Å². The molecular formula is C10H12ClN3O2S. The van der Waals surface area contributed by atoms with Crippen LogP contribution in [0.2, 0.25) is 4.34 Å². The third-order valence-corrected chi connectivity index (χ3v) is 3.84. The van der Waals surface area contributed by atoms with Crippen LogP contribution in [0.3, 0.4) is 0 Å². The highest BCUT2D eigenvalue weighted by atomic mass is 35.5. The third kappa shape index (κ3) is 2.89. The molecule has 17 heavy (non-hydrogen) atoms. The van der Waals surface area contributed by atoms with Gasteiger partial charge in [-0.2, -0.15) is 0 Å². The largest absolute Gasteiger partial charge is 0.409 e. The summed E-state index contributed by atoms with van der Waals surface area (Å²) in [4.78, 5) is 12.4. The Hall–Kier alpha value is -1.27. The molecule has 5 nitrogen and oxygen atoms in total. The highest BCUT2D eigenvalue weighted by Gasteiger charge is 2.35. The molecule has 0 bridgehead atoms. The average Bonchev–Trinajstić information content (AvgIpc) is 3.06. The van der Waals surface area contributed by atoms with Crippen molar-refractivity contribution >= 4 is 34.7 Å². The number of hydrogen-bond donors (Lipinski definition) is 3. The van der Waals surface area contributed by atoms with Crippen molar-refractivity contribution in [1.29, 1.82) is 0 Å². The molecule has 1 saturated carbocycles. The molecule has 92 valence electrons. The van der Waals surface area contributed by atoms with Gasteiger partial charge in [-0.15, -0.1) is 11.3 Å². The number of rotatable bonds is 4. The Kier molecular flexibility index (Phi) is 3.54. The van der Waals surface area contributed by atoms with Crippen LogP contribution in [-0.2, 0) is 0 Å². The molecule has 1 fully saturated rings. The molecule has 1 heterocycles. The quantitative estimate of drug-likeness (QED) is 0.337. The predicted molar refractivity (Wildman–Crippen MR) is 66.7 cm³/mol. The number of carbonyl (C=O) groups excluding carboxylic acids is 1. The minimum atomic E-state index is -0.395. The minimum absolute atomic E-state index is 0.0449. The van der Waals surface area contributed by atoms with Gasteiger partial charge in [-0.05, 0) is 30.9 Å². The fourth-order valence-corrected chi connectivity index (χ4v) is 2.52. The van der Waals surface area contributed by atoms with Gasteiger partial charge >= 0.3 is 0 Å². The fraction of sp³-hybridized carbons (Fsp3) is 0.400. The first-order valence-corrected chi connectivity index (χ1v) is 6.35. The number of oxime groups is 1. The van der Waals surface area contributed by atoms with Crippen molar-refractivity contribution in [3.63, 3.8) is 0 Å². The molecule has 2 rings (SSSR count). The molecule has 1 amide bonds. The van der Waals surface area contributed by atoms with Gasteiger partial charge in [-0.1, -0.05) is 16.8 Å². The van der Waals surface area contributed by atoms with Gasteiger partial charge < -0.3 is 16.3 Å². The van der Waals surface area contributed by atoms with Crippen molar-refractivity contribution in [3.8, 4) is 0 Å². The Bertz CT molecular complexity index is 456. The molecule has 1 aromatic heterocycles. The molecule has 0 saturated heterocycles. The van der Waals surface area contributed by atoms with E-state index in [4.69, 9.17) is 22.5 Å². The maximum Gasteiger partial charge on any atom is 0.262 e. The predicted octanol–water partition coefficient (Wildman–Crippen LogP) is 1.66. The molecule has 1 aromatic rings. The number of nitrogens with one attached hydrogen (secondary N) is 1. The molecule has 0 aromatic carbocycles. The van der Waals surface area contributed by atoms with E-state index in [9.17, 15) is 4.79 Å². The Balaban J connectivity index is 2.05. The second-order valence-electron chi connectivity index (χ2n) is 3.92. The van der Waals surface area contributed by atoms with Gasteiger partial charge in [0.25, 0.3) is 5.91 Å². The van der Waals surface area contributed by atoms with Gasteiger partial charge in [-0.25, -0.2) is 0 Å². The zero-order chi connectivity index (χ0) is 12.4. The molecule has 1 unspecified atom stereocenters. The van der Waals surface area contributed by atoms with Crippen molar-refractivity contribution in [2.45, 2.75) is 18.9 Å². The summed E-state index contributed by atoms with van der Waals surface area (Å²) in [5.41, 5.74) is 5.55. The van der Waals surface area contributed by atoms with Crippen LogP contribution in [-0.4, -0.2) is 23.0 Å². The highest BCUT2D eigenvalue weighted by molar-refractivity contribution is 7.18. The number of nitrogens with two attached hydrogens (primary N) is 1. The van der Waals surface area contributed by atoms with E-state index in [0.29, 0.717) is 9.21 Å². The van der Waals surface area contributed by atoms with E-state index in [1.807, 2.05) is 0 Å². The lowest BCUT2D eigenvalue weighted by Gasteiger charge is -2.15. The summed E-state index contributed by atoms with van der Waals surface area (Å²) in [6, 6.07) is 2.92. The second kappa shape index (κ2) is 4.93. The average molecular weight is 274 g/mol. The monoisotopic (exact) mass is 273 g/mol. The zero-order valence-electron chi connectivity index (χ0n) is 8.89. The van der Waals surface area contributed by atoms with Crippen LogP contribution in [0.25, 0.3) is 0 Å². The number of thiophene rings is 1. The Labute approximate surface area is 107 Å². The summed E-state index contributed by atoms with van der Waals surface area (Å²) in [5, 5.41) is 14.4. The van der Waals surface area contributed by atoms with Gasteiger partial charge in [0.15, 0.2) is 5.84 Å². The number of halogens is 1. The van der Waals surface area contributed by atoms with E-state index >= 15 is 0 Å². The fourth-order valence-electron chi connectivity index (χ4n) is 1.57. The lowest BCUT2D eigenvalue weighted by molar-refractivity contribution is 0.0947. The van der Waals surface area contributed by atoms with E-state index < -0.39 is 6.04 Å². The van der Waals surface area contributed by atoms with Gasteiger partial charge in [0, 0.05) is 0 Å². The van der Waals surface area contributed by atoms with Crippen LogP contribution < -0.4 is 11.1 Å². The summed E-state index contributed by atoms with van der Waals surface area (Å²) in [7, 11) is 0. The van der Waals surface area contributed by atoms with Crippen molar-refractivity contribution in [1.82, 2.24) is 5.32 Å². The first-order valence-electron chi connectivity index (χ1n) is 5.15. The van der Waals surface area contributed by atoms with Crippen LogP contribution in [0.15, 0.2) is 17.3 Å². The first-order chi connectivity index (χ1) is 8.11. The molecule has 4 N–H and O–H groups in total. The molecule has 1 aliphatic rings. The molecular weight excluding hydrogens is 262 g/mol. The SMILES string of the molecule is NC(=NO)C(NC(=O)c1ccc(Cl)s1)C1CC1. The third-order valence-electron chi connectivity index (χ3n) is 2.61. The van der Waals surface area contributed by atoms with Crippen molar-refractivity contribution < 1.29 is 10.0 Å². The lowest BCUT2D eigenvalue weighted by atomic mass is 10.1. The van der Waals surface area contributed by atoms with Crippen LogP contribution in [0.4, 0.5) is 0 Å². The minimum Gasteiger partial charge on any atom is -0.409 e. The number of carbonyl (C=O) groups is 1. The van der Waals surface area contributed by atoms with Crippen LogP contribution in [0.1, 0.15) is 22.5 Å². The zero-order valence-corrected chi connectivity index (χ0v) is 10.5. The Morgan fingerprint density at radius 3 is 2.82 bits per heavy atom. The van der Waals surface area contributed by atoms with Crippen molar-refractivity contribution in [3.05, 3.63) is 21.3 Å². The summed E-state index contributed by atoms with van der Waals surface area (Å²) < 4.78 is 0.557.